The number of rotatable bonds is 5. The molecule has 0 aliphatic carbocycles. The van der Waals surface area contributed by atoms with Crippen molar-refractivity contribution in [2.24, 2.45) is 5.92 Å². The highest BCUT2D eigenvalue weighted by Crippen LogP contribution is 2.36. The molecule has 21 heavy (non-hydrogen) atoms. The monoisotopic (exact) mass is 313 g/mol. The quantitative estimate of drug-likeness (QED) is 0.604. The maximum absolute atomic E-state index is 12.6. The Labute approximate surface area is 119 Å². The predicted octanol–water partition coefficient (Wildman–Crippen LogP) is 4.86. The van der Waals surface area contributed by atoms with Gasteiger partial charge >= 0.3 is 12.4 Å². The lowest BCUT2D eigenvalue weighted by Crippen LogP contribution is -2.18. The Hall–Kier alpha value is -1.24. The molecule has 0 heterocycles. The minimum atomic E-state index is -4.80. The zero-order valence-corrected chi connectivity index (χ0v) is 11.7. The molecule has 0 aromatic heterocycles. The minimum absolute atomic E-state index is 0.0269. The third-order valence-electron chi connectivity index (χ3n) is 2.88. The van der Waals surface area contributed by atoms with E-state index < -0.39 is 23.5 Å². The van der Waals surface area contributed by atoms with Gasteiger partial charge in [-0.05, 0) is 42.6 Å². The summed E-state index contributed by atoms with van der Waals surface area (Å²) in [6.07, 6.45) is -8.80. The first kappa shape index (κ1) is 17.8. The van der Waals surface area contributed by atoms with Crippen molar-refractivity contribution in [3.8, 4) is 0 Å². The number of alkyl halides is 6. The largest absolute Gasteiger partial charge is 0.416 e. The Balaban J connectivity index is 2.93. The first-order valence-corrected chi connectivity index (χ1v) is 6.49. The molecule has 1 aromatic carbocycles. The van der Waals surface area contributed by atoms with Gasteiger partial charge in [0.2, 0.25) is 0 Å². The third kappa shape index (κ3) is 5.95. The average Bonchev–Trinajstić information content (AvgIpc) is 2.32. The molecule has 0 amide bonds. The van der Waals surface area contributed by atoms with Crippen molar-refractivity contribution >= 4 is 0 Å². The first-order chi connectivity index (χ1) is 9.50. The molecular formula is C14H17F6N. The van der Waals surface area contributed by atoms with Crippen LogP contribution in [0, 0.1) is 5.92 Å². The Morgan fingerprint density at radius 1 is 0.905 bits per heavy atom. The second kappa shape index (κ2) is 6.68. The Bertz CT molecular complexity index is 429. The number of hydrogen-bond acceptors (Lipinski definition) is 1. The second-order valence-electron chi connectivity index (χ2n) is 5.27. The molecule has 1 rings (SSSR count). The first-order valence-electron chi connectivity index (χ1n) is 6.49. The molecule has 1 aromatic rings. The SMILES string of the molecule is CC(C)CCNCc1cc(C(F)(F)F)cc(C(F)(F)F)c1. The van der Waals surface area contributed by atoms with Crippen molar-refractivity contribution in [3.63, 3.8) is 0 Å². The van der Waals surface area contributed by atoms with Crippen LogP contribution in [0.2, 0.25) is 0 Å². The molecular weight excluding hydrogens is 296 g/mol. The molecule has 0 fully saturated rings. The summed E-state index contributed by atoms with van der Waals surface area (Å²) in [4.78, 5) is 0. The molecule has 1 N–H and O–H groups in total. The fourth-order valence-corrected chi connectivity index (χ4v) is 1.74. The average molecular weight is 313 g/mol. The predicted molar refractivity (Wildman–Crippen MR) is 67.6 cm³/mol. The van der Waals surface area contributed by atoms with Crippen LogP contribution in [0.25, 0.3) is 0 Å². The molecule has 0 radical (unpaired) electrons. The van der Waals surface area contributed by atoms with Crippen LogP contribution >= 0.6 is 0 Å². The van der Waals surface area contributed by atoms with Crippen LogP contribution in [0.4, 0.5) is 26.3 Å². The van der Waals surface area contributed by atoms with Crippen LogP contribution in [0.5, 0.6) is 0 Å². The number of nitrogens with one attached hydrogen (secondary N) is 1. The lowest BCUT2D eigenvalue weighted by molar-refractivity contribution is -0.143. The van der Waals surface area contributed by atoms with Crippen molar-refractivity contribution < 1.29 is 26.3 Å². The maximum atomic E-state index is 12.6. The van der Waals surface area contributed by atoms with E-state index in [-0.39, 0.29) is 18.2 Å². The Morgan fingerprint density at radius 2 is 1.38 bits per heavy atom. The fourth-order valence-electron chi connectivity index (χ4n) is 1.74. The summed E-state index contributed by atoms with van der Waals surface area (Å²) in [5.41, 5.74) is -2.59. The van der Waals surface area contributed by atoms with E-state index in [0.717, 1.165) is 18.6 Å². The fraction of sp³-hybridized carbons (Fsp3) is 0.571. The highest BCUT2D eigenvalue weighted by atomic mass is 19.4. The maximum Gasteiger partial charge on any atom is 0.416 e. The van der Waals surface area contributed by atoms with E-state index in [0.29, 0.717) is 12.5 Å². The summed E-state index contributed by atoms with van der Waals surface area (Å²) >= 11 is 0. The smallest absolute Gasteiger partial charge is 0.313 e. The molecule has 7 heteroatoms. The lowest BCUT2D eigenvalue weighted by atomic mass is 10.0. The van der Waals surface area contributed by atoms with Crippen LogP contribution in [0.15, 0.2) is 18.2 Å². The lowest BCUT2D eigenvalue weighted by Gasteiger charge is -2.14. The van der Waals surface area contributed by atoms with E-state index in [2.05, 4.69) is 5.32 Å². The number of hydrogen-bond donors (Lipinski definition) is 1. The molecule has 0 spiro atoms. The van der Waals surface area contributed by atoms with Gasteiger partial charge in [-0.25, -0.2) is 0 Å². The van der Waals surface area contributed by atoms with Gasteiger partial charge < -0.3 is 5.32 Å². The van der Waals surface area contributed by atoms with Gasteiger partial charge in [0, 0.05) is 6.54 Å². The standard InChI is InChI=1S/C14H17F6N/c1-9(2)3-4-21-8-10-5-11(13(15,16)17)7-12(6-10)14(18,19)20/h5-7,9,21H,3-4,8H2,1-2H3. The molecule has 1 nitrogen and oxygen atoms in total. The van der Waals surface area contributed by atoms with Gasteiger partial charge in [0.15, 0.2) is 0 Å². The van der Waals surface area contributed by atoms with Crippen molar-refractivity contribution in [1.29, 1.82) is 0 Å². The molecule has 120 valence electrons. The second-order valence-corrected chi connectivity index (χ2v) is 5.27. The third-order valence-corrected chi connectivity index (χ3v) is 2.88. The molecule has 0 saturated heterocycles. The van der Waals surface area contributed by atoms with Crippen LogP contribution < -0.4 is 5.32 Å². The van der Waals surface area contributed by atoms with Crippen LogP contribution in [-0.4, -0.2) is 6.54 Å². The molecule has 0 saturated carbocycles. The van der Waals surface area contributed by atoms with E-state index in [4.69, 9.17) is 0 Å². The van der Waals surface area contributed by atoms with E-state index in [1.165, 1.54) is 0 Å². The van der Waals surface area contributed by atoms with Crippen LogP contribution in [0.3, 0.4) is 0 Å². The molecule has 0 unspecified atom stereocenters. The summed E-state index contributed by atoms with van der Waals surface area (Å²) in [5, 5.41) is 2.86. The molecule has 0 bridgehead atoms. The van der Waals surface area contributed by atoms with Crippen molar-refractivity contribution in [1.82, 2.24) is 5.32 Å². The van der Waals surface area contributed by atoms with E-state index >= 15 is 0 Å². The van der Waals surface area contributed by atoms with Gasteiger partial charge in [0.1, 0.15) is 0 Å². The van der Waals surface area contributed by atoms with Gasteiger partial charge in [-0.1, -0.05) is 13.8 Å². The molecule has 0 aliphatic heterocycles. The van der Waals surface area contributed by atoms with E-state index in [9.17, 15) is 26.3 Å². The topological polar surface area (TPSA) is 12.0 Å². The highest BCUT2D eigenvalue weighted by Gasteiger charge is 2.36. The Kier molecular flexibility index (Phi) is 5.67. The van der Waals surface area contributed by atoms with Crippen molar-refractivity contribution in [2.45, 2.75) is 39.2 Å². The van der Waals surface area contributed by atoms with E-state index in [1.54, 1.807) is 0 Å². The van der Waals surface area contributed by atoms with Gasteiger partial charge in [-0.3, -0.25) is 0 Å². The van der Waals surface area contributed by atoms with Gasteiger partial charge in [0.25, 0.3) is 0 Å². The van der Waals surface area contributed by atoms with Crippen LogP contribution in [0.1, 0.15) is 37.0 Å². The summed E-state index contributed by atoms with van der Waals surface area (Å²) in [6, 6.07) is 1.63. The summed E-state index contributed by atoms with van der Waals surface area (Å²) in [7, 11) is 0. The zero-order chi connectivity index (χ0) is 16.3. The van der Waals surface area contributed by atoms with Crippen molar-refractivity contribution in [2.75, 3.05) is 6.54 Å². The summed E-state index contributed by atoms with van der Waals surface area (Å²) in [6.45, 7) is 4.47. The molecule has 0 atom stereocenters. The van der Waals surface area contributed by atoms with Crippen molar-refractivity contribution in [3.05, 3.63) is 34.9 Å². The zero-order valence-electron chi connectivity index (χ0n) is 11.7. The van der Waals surface area contributed by atoms with Crippen LogP contribution in [-0.2, 0) is 18.9 Å². The van der Waals surface area contributed by atoms with Gasteiger partial charge in [0.05, 0.1) is 11.1 Å². The summed E-state index contributed by atoms with van der Waals surface area (Å²) < 4.78 is 75.9. The summed E-state index contributed by atoms with van der Waals surface area (Å²) in [5.74, 6) is 0.407. The normalized spacial score (nSPS) is 13.0. The number of halogens is 6. The minimum Gasteiger partial charge on any atom is -0.313 e. The van der Waals surface area contributed by atoms with E-state index in [1.807, 2.05) is 13.8 Å². The van der Waals surface area contributed by atoms with Gasteiger partial charge in [-0.15, -0.1) is 0 Å². The Morgan fingerprint density at radius 3 is 1.76 bits per heavy atom. The highest BCUT2D eigenvalue weighted by molar-refractivity contribution is 5.33. The number of benzene rings is 1. The molecule has 0 aliphatic rings. The van der Waals surface area contributed by atoms with Gasteiger partial charge in [-0.2, -0.15) is 26.3 Å².